The Kier molecular flexibility index (Phi) is 8.04. The van der Waals surface area contributed by atoms with E-state index in [2.05, 4.69) is 0 Å². The van der Waals surface area contributed by atoms with Gasteiger partial charge in [0, 0.05) is 0 Å². The lowest BCUT2D eigenvalue weighted by Gasteiger charge is -2.43. The third-order valence-electron chi connectivity index (χ3n) is 5.60. The highest BCUT2D eigenvalue weighted by Crippen LogP contribution is 2.29. The van der Waals surface area contributed by atoms with Gasteiger partial charge in [-0.1, -0.05) is 91.0 Å². The summed E-state index contributed by atoms with van der Waals surface area (Å²) < 4.78 is 24.5. The molecule has 3 aromatic carbocycles. The average Bonchev–Trinajstić information content (AvgIpc) is 2.83. The van der Waals surface area contributed by atoms with Gasteiger partial charge >= 0.3 is 0 Å². The Morgan fingerprint density at radius 2 is 0.969 bits per heavy atom. The second kappa shape index (κ2) is 11.4. The zero-order valence-corrected chi connectivity index (χ0v) is 18.2. The Hall–Kier alpha value is -2.54. The fraction of sp³-hybridized carbons (Fsp3) is 0.333. The molecule has 32 heavy (non-hydrogen) atoms. The van der Waals surface area contributed by atoms with E-state index in [1.54, 1.807) is 0 Å². The number of benzene rings is 3. The summed E-state index contributed by atoms with van der Waals surface area (Å²) in [6.07, 6.45) is -3.04. The van der Waals surface area contributed by atoms with Gasteiger partial charge in [0.1, 0.15) is 18.3 Å². The highest BCUT2D eigenvalue weighted by atomic mass is 16.7. The number of aliphatic hydroxyl groups excluding tert-OH is 1. The summed E-state index contributed by atoms with van der Waals surface area (Å²) in [6.45, 7) is 3.05. The summed E-state index contributed by atoms with van der Waals surface area (Å²) in [4.78, 5) is 0. The predicted molar refractivity (Wildman–Crippen MR) is 122 cm³/mol. The Morgan fingerprint density at radius 3 is 1.41 bits per heavy atom. The van der Waals surface area contributed by atoms with Gasteiger partial charge in [-0.15, -0.1) is 0 Å². The van der Waals surface area contributed by atoms with E-state index >= 15 is 0 Å². The topological polar surface area (TPSA) is 57.2 Å². The standard InChI is InChI=1S/C27H30O5/c1-20-24(29-17-21-11-5-2-6-12-21)25(30-18-22-13-7-3-8-14-22)26(27(28)32-20)31-19-23-15-9-4-10-16-23/h2-16,20,24-28H,17-19H2,1H3/t20?,24-,25?,26?,27-/m1/s1. The second-order valence-electron chi connectivity index (χ2n) is 8.02. The van der Waals surface area contributed by atoms with Gasteiger partial charge in [0.15, 0.2) is 6.29 Å². The van der Waals surface area contributed by atoms with Crippen molar-refractivity contribution >= 4 is 0 Å². The monoisotopic (exact) mass is 434 g/mol. The lowest BCUT2D eigenvalue weighted by molar-refractivity contribution is -0.308. The van der Waals surface area contributed by atoms with Crippen molar-refractivity contribution in [1.82, 2.24) is 0 Å². The number of aliphatic hydroxyl groups is 1. The molecule has 0 radical (unpaired) electrons. The van der Waals surface area contributed by atoms with Crippen LogP contribution in [0.2, 0.25) is 0 Å². The molecule has 3 aromatic rings. The van der Waals surface area contributed by atoms with Gasteiger partial charge in [-0.3, -0.25) is 0 Å². The third-order valence-corrected chi connectivity index (χ3v) is 5.60. The summed E-state index contributed by atoms with van der Waals surface area (Å²) in [6, 6.07) is 29.8. The van der Waals surface area contributed by atoms with Gasteiger partial charge < -0.3 is 24.1 Å². The molecule has 4 rings (SSSR count). The summed E-state index contributed by atoms with van der Waals surface area (Å²) in [5.41, 5.74) is 3.13. The lowest BCUT2D eigenvalue weighted by Crippen LogP contribution is -2.59. The van der Waals surface area contributed by atoms with Crippen molar-refractivity contribution in [3.8, 4) is 0 Å². The number of ether oxygens (including phenoxy) is 4. The van der Waals surface area contributed by atoms with E-state index in [0.29, 0.717) is 19.8 Å². The normalized spacial score (nSPS) is 25.5. The summed E-state index contributed by atoms with van der Waals surface area (Å²) in [7, 11) is 0. The quantitative estimate of drug-likeness (QED) is 0.538. The molecule has 1 aliphatic rings. The van der Waals surface area contributed by atoms with Crippen LogP contribution in [0.1, 0.15) is 23.6 Å². The molecule has 1 N–H and O–H groups in total. The third kappa shape index (κ3) is 6.03. The fourth-order valence-electron chi connectivity index (χ4n) is 3.89. The first-order valence-corrected chi connectivity index (χ1v) is 11.0. The molecule has 0 aromatic heterocycles. The Balaban J connectivity index is 1.50. The van der Waals surface area contributed by atoms with E-state index in [0.717, 1.165) is 16.7 Å². The van der Waals surface area contributed by atoms with Gasteiger partial charge in [-0.25, -0.2) is 0 Å². The fourth-order valence-corrected chi connectivity index (χ4v) is 3.89. The summed E-state index contributed by atoms with van der Waals surface area (Å²) >= 11 is 0. The molecule has 0 amide bonds. The van der Waals surface area contributed by atoms with Crippen LogP contribution in [0, 0.1) is 0 Å². The highest BCUT2D eigenvalue weighted by Gasteiger charge is 2.46. The van der Waals surface area contributed by atoms with Crippen LogP contribution >= 0.6 is 0 Å². The Bertz CT molecular complexity index is 863. The van der Waals surface area contributed by atoms with Crippen molar-refractivity contribution < 1.29 is 24.1 Å². The van der Waals surface area contributed by atoms with Gasteiger partial charge in [-0.05, 0) is 23.6 Å². The maximum atomic E-state index is 10.7. The SMILES string of the molecule is CC1O[C@@H](O)C(OCc2ccccc2)C(OCc2ccccc2)[C@@H]1OCc1ccccc1. The van der Waals surface area contributed by atoms with Gasteiger partial charge in [0.2, 0.25) is 0 Å². The van der Waals surface area contributed by atoms with Crippen LogP contribution in [-0.2, 0) is 38.8 Å². The minimum absolute atomic E-state index is 0.344. The molecule has 0 aliphatic carbocycles. The molecule has 0 saturated carbocycles. The van der Waals surface area contributed by atoms with Crippen LogP contribution < -0.4 is 0 Å². The molecule has 0 bridgehead atoms. The molecule has 5 nitrogen and oxygen atoms in total. The van der Waals surface area contributed by atoms with E-state index in [9.17, 15) is 5.11 Å². The predicted octanol–water partition coefficient (Wildman–Crippen LogP) is 4.48. The minimum atomic E-state index is -1.11. The number of rotatable bonds is 9. The van der Waals surface area contributed by atoms with Crippen LogP contribution in [0.4, 0.5) is 0 Å². The number of hydrogen-bond acceptors (Lipinski definition) is 5. The van der Waals surface area contributed by atoms with E-state index in [1.807, 2.05) is 97.9 Å². The average molecular weight is 435 g/mol. The van der Waals surface area contributed by atoms with Crippen molar-refractivity contribution in [2.75, 3.05) is 0 Å². The molecule has 168 valence electrons. The summed E-state index contributed by atoms with van der Waals surface area (Å²) in [5.74, 6) is 0. The first-order valence-electron chi connectivity index (χ1n) is 11.0. The molecule has 1 fully saturated rings. The molecule has 1 saturated heterocycles. The van der Waals surface area contributed by atoms with Gasteiger partial charge in [-0.2, -0.15) is 0 Å². The molecule has 3 unspecified atom stereocenters. The van der Waals surface area contributed by atoms with Crippen LogP contribution in [0.25, 0.3) is 0 Å². The molecular formula is C27H30O5. The largest absolute Gasteiger partial charge is 0.368 e. The smallest absolute Gasteiger partial charge is 0.184 e. The molecule has 1 aliphatic heterocycles. The Morgan fingerprint density at radius 1 is 0.594 bits per heavy atom. The first-order chi connectivity index (χ1) is 15.7. The molecule has 1 heterocycles. The minimum Gasteiger partial charge on any atom is -0.368 e. The van der Waals surface area contributed by atoms with Crippen molar-refractivity contribution in [3.05, 3.63) is 108 Å². The van der Waals surface area contributed by atoms with Gasteiger partial charge in [0.05, 0.1) is 25.9 Å². The van der Waals surface area contributed by atoms with Crippen LogP contribution in [0.5, 0.6) is 0 Å². The summed E-state index contributed by atoms with van der Waals surface area (Å²) in [5, 5.41) is 10.7. The van der Waals surface area contributed by atoms with Crippen LogP contribution in [0.3, 0.4) is 0 Å². The van der Waals surface area contributed by atoms with Crippen LogP contribution in [-0.4, -0.2) is 35.8 Å². The van der Waals surface area contributed by atoms with E-state index < -0.39 is 24.6 Å². The van der Waals surface area contributed by atoms with Crippen molar-refractivity contribution in [1.29, 1.82) is 0 Å². The lowest BCUT2D eigenvalue weighted by atomic mass is 9.98. The number of hydrogen-bond donors (Lipinski definition) is 1. The van der Waals surface area contributed by atoms with E-state index in [1.165, 1.54) is 0 Å². The Labute approximate surface area is 189 Å². The van der Waals surface area contributed by atoms with Crippen molar-refractivity contribution in [2.45, 2.75) is 57.5 Å². The molecular weight excluding hydrogens is 404 g/mol. The maximum absolute atomic E-state index is 10.7. The van der Waals surface area contributed by atoms with Gasteiger partial charge in [0.25, 0.3) is 0 Å². The second-order valence-corrected chi connectivity index (χ2v) is 8.02. The maximum Gasteiger partial charge on any atom is 0.184 e. The molecule has 5 heteroatoms. The van der Waals surface area contributed by atoms with E-state index in [-0.39, 0.29) is 6.10 Å². The zero-order chi connectivity index (χ0) is 22.2. The highest BCUT2D eigenvalue weighted by molar-refractivity contribution is 5.15. The van der Waals surface area contributed by atoms with Crippen LogP contribution in [0.15, 0.2) is 91.0 Å². The molecule has 0 spiro atoms. The zero-order valence-electron chi connectivity index (χ0n) is 18.2. The first kappa shape index (κ1) is 22.6. The van der Waals surface area contributed by atoms with Crippen molar-refractivity contribution in [2.24, 2.45) is 0 Å². The van der Waals surface area contributed by atoms with Crippen molar-refractivity contribution in [3.63, 3.8) is 0 Å². The molecule has 5 atom stereocenters. The van der Waals surface area contributed by atoms with E-state index in [4.69, 9.17) is 18.9 Å².